The van der Waals surface area contributed by atoms with Gasteiger partial charge in [-0.3, -0.25) is 15.0 Å². The van der Waals surface area contributed by atoms with Crippen molar-refractivity contribution in [3.05, 3.63) is 62.6 Å². The van der Waals surface area contributed by atoms with Gasteiger partial charge in [0.25, 0.3) is 5.91 Å². The third-order valence-corrected chi connectivity index (χ3v) is 6.00. The van der Waals surface area contributed by atoms with E-state index in [0.29, 0.717) is 21.3 Å². The highest BCUT2D eigenvalue weighted by Crippen LogP contribution is 2.65. The van der Waals surface area contributed by atoms with Crippen molar-refractivity contribution in [2.75, 3.05) is 12.4 Å². The Morgan fingerprint density at radius 1 is 1.00 bits per heavy atom. The number of anilines is 1. The Kier molecular flexibility index (Phi) is 6.35. The van der Waals surface area contributed by atoms with Crippen LogP contribution >= 0.6 is 58.0 Å². The molecular formula is C18H14Cl5N3O2. The molecule has 148 valence electrons. The van der Waals surface area contributed by atoms with Crippen molar-refractivity contribution in [3.63, 3.8) is 0 Å². The van der Waals surface area contributed by atoms with E-state index in [1.165, 1.54) is 12.1 Å². The summed E-state index contributed by atoms with van der Waals surface area (Å²) >= 11 is 30.8. The van der Waals surface area contributed by atoms with Crippen molar-refractivity contribution in [2.24, 2.45) is 5.92 Å². The molecule has 3 rings (SSSR count). The van der Waals surface area contributed by atoms with Gasteiger partial charge in [0.1, 0.15) is 4.33 Å². The van der Waals surface area contributed by atoms with Gasteiger partial charge in [0.2, 0.25) is 5.91 Å². The van der Waals surface area contributed by atoms with Crippen LogP contribution in [0.1, 0.15) is 21.8 Å². The number of carbonyl (C=O) groups is 2. The van der Waals surface area contributed by atoms with Crippen molar-refractivity contribution in [2.45, 2.75) is 10.3 Å². The molecule has 2 amide bonds. The second kappa shape index (κ2) is 8.27. The van der Waals surface area contributed by atoms with Crippen molar-refractivity contribution in [1.29, 1.82) is 0 Å². The summed E-state index contributed by atoms with van der Waals surface area (Å²) in [4.78, 5) is 24.8. The van der Waals surface area contributed by atoms with Crippen LogP contribution in [0.3, 0.4) is 0 Å². The molecule has 10 heteroatoms. The first-order chi connectivity index (χ1) is 13.1. The lowest BCUT2D eigenvalue weighted by Gasteiger charge is -2.09. The van der Waals surface area contributed by atoms with Crippen molar-refractivity contribution in [3.8, 4) is 0 Å². The number of alkyl halides is 2. The third kappa shape index (κ3) is 4.35. The van der Waals surface area contributed by atoms with E-state index in [1.807, 2.05) is 0 Å². The van der Waals surface area contributed by atoms with Gasteiger partial charge in [-0.1, -0.05) is 34.8 Å². The standard InChI is InChI=1S/C18H14Cl5N3O2/c1-24-26-16(27)12-7-11(2-3-13(12)21)25-17(28)15-14(18(15,22)23)8-4-9(19)6-10(20)5-8/h2-7,14-15,24H,1H3,(H,25,28)(H,26,27). The Morgan fingerprint density at radius 2 is 1.64 bits per heavy atom. The maximum atomic E-state index is 12.7. The number of hydrogen-bond donors (Lipinski definition) is 3. The molecule has 0 spiro atoms. The number of carbonyl (C=O) groups excluding carboxylic acids is 2. The predicted molar refractivity (Wildman–Crippen MR) is 114 cm³/mol. The van der Waals surface area contributed by atoms with Crippen molar-refractivity contribution in [1.82, 2.24) is 10.9 Å². The monoisotopic (exact) mass is 479 g/mol. The maximum Gasteiger partial charge on any atom is 0.266 e. The van der Waals surface area contributed by atoms with E-state index in [0.717, 1.165) is 0 Å². The van der Waals surface area contributed by atoms with Gasteiger partial charge in [0.15, 0.2) is 0 Å². The number of amides is 2. The molecule has 1 aliphatic carbocycles. The fourth-order valence-corrected chi connectivity index (χ4v) is 4.57. The molecule has 1 fully saturated rings. The molecule has 0 saturated heterocycles. The minimum atomic E-state index is -1.29. The van der Waals surface area contributed by atoms with Crippen LogP contribution in [0, 0.1) is 5.92 Å². The number of nitrogens with one attached hydrogen (secondary N) is 3. The van der Waals surface area contributed by atoms with E-state index >= 15 is 0 Å². The zero-order chi connectivity index (χ0) is 20.6. The maximum absolute atomic E-state index is 12.7. The Hall–Kier alpha value is -1.21. The summed E-state index contributed by atoms with van der Waals surface area (Å²) in [6, 6.07) is 9.48. The van der Waals surface area contributed by atoms with Crippen molar-refractivity contribution < 1.29 is 9.59 Å². The summed E-state index contributed by atoms with van der Waals surface area (Å²) in [5.74, 6) is -2.01. The summed E-state index contributed by atoms with van der Waals surface area (Å²) in [7, 11) is 1.55. The fourth-order valence-electron chi connectivity index (χ4n) is 3.00. The van der Waals surface area contributed by atoms with Crippen LogP contribution in [-0.2, 0) is 4.79 Å². The fraction of sp³-hybridized carbons (Fsp3) is 0.222. The third-order valence-electron chi connectivity index (χ3n) is 4.30. The molecule has 0 aromatic heterocycles. The van der Waals surface area contributed by atoms with E-state index in [2.05, 4.69) is 16.2 Å². The van der Waals surface area contributed by atoms with Crippen molar-refractivity contribution >= 4 is 75.5 Å². The van der Waals surface area contributed by atoms with Gasteiger partial charge in [0.05, 0.1) is 16.5 Å². The minimum absolute atomic E-state index is 0.200. The Morgan fingerprint density at radius 3 is 2.25 bits per heavy atom. The second-order valence-corrected chi connectivity index (χ2v) is 8.95. The largest absolute Gasteiger partial charge is 0.326 e. The van der Waals surface area contributed by atoms with Gasteiger partial charge in [-0.25, -0.2) is 5.43 Å². The van der Waals surface area contributed by atoms with E-state index in [4.69, 9.17) is 58.0 Å². The number of halogens is 5. The Labute approximate surface area is 186 Å². The van der Waals surface area contributed by atoms with E-state index in [-0.39, 0.29) is 10.6 Å². The van der Waals surface area contributed by atoms with E-state index in [1.54, 1.807) is 31.3 Å². The minimum Gasteiger partial charge on any atom is -0.326 e. The second-order valence-electron chi connectivity index (χ2n) is 6.22. The van der Waals surface area contributed by atoms with Gasteiger partial charge in [-0.2, -0.15) is 0 Å². The SMILES string of the molecule is CNNC(=O)c1cc(NC(=O)C2C(c3cc(Cl)cc(Cl)c3)C2(Cl)Cl)ccc1Cl. The average molecular weight is 482 g/mol. The molecule has 2 unspecified atom stereocenters. The highest BCUT2D eigenvalue weighted by atomic mass is 35.5. The van der Waals surface area contributed by atoms with Crippen LogP contribution in [0.5, 0.6) is 0 Å². The van der Waals surface area contributed by atoms with Crippen LogP contribution in [0.25, 0.3) is 0 Å². The molecule has 0 aliphatic heterocycles. The summed E-state index contributed by atoms with van der Waals surface area (Å²) in [5.41, 5.74) is 6.20. The highest BCUT2D eigenvalue weighted by molar-refractivity contribution is 6.53. The van der Waals surface area contributed by atoms with Crippen LogP contribution < -0.4 is 16.2 Å². The number of hydrogen-bond acceptors (Lipinski definition) is 3. The first-order valence-corrected chi connectivity index (χ1v) is 9.95. The first-order valence-electron chi connectivity index (χ1n) is 8.06. The van der Waals surface area contributed by atoms with E-state index < -0.39 is 28.0 Å². The molecule has 2 aromatic rings. The summed E-state index contributed by atoms with van der Waals surface area (Å²) in [6.45, 7) is 0. The van der Waals surface area contributed by atoms with Crippen LogP contribution in [0.15, 0.2) is 36.4 Å². The number of benzene rings is 2. The Bertz CT molecular complexity index is 931. The summed E-state index contributed by atoms with van der Waals surface area (Å²) < 4.78 is -1.29. The molecule has 0 heterocycles. The normalized spacial score (nSPS) is 19.8. The zero-order valence-electron chi connectivity index (χ0n) is 14.3. The molecule has 0 radical (unpaired) electrons. The zero-order valence-corrected chi connectivity index (χ0v) is 18.1. The van der Waals surface area contributed by atoms with Gasteiger partial charge < -0.3 is 5.32 Å². The predicted octanol–water partition coefficient (Wildman–Crippen LogP) is 5.04. The lowest BCUT2D eigenvalue weighted by atomic mass is 10.1. The summed E-state index contributed by atoms with van der Waals surface area (Å²) in [6.07, 6.45) is 0. The van der Waals surface area contributed by atoms with Crippen LogP contribution in [0.2, 0.25) is 15.1 Å². The molecule has 3 N–H and O–H groups in total. The molecule has 1 aliphatic rings. The Balaban J connectivity index is 1.80. The molecule has 2 atom stereocenters. The van der Waals surface area contributed by atoms with Gasteiger partial charge >= 0.3 is 0 Å². The molecular weight excluding hydrogens is 467 g/mol. The van der Waals surface area contributed by atoms with Crippen LogP contribution in [-0.4, -0.2) is 23.2 Å². The average Bonchev–Trinajstić information content (AvgIpc) is 3.18. The van der Waals surface area contributed by atoms with Gasteiger partial charge in [0, 0.05) is 28.7 Å². The summed E-state index contributed by atoms with van der Waals surface area (Å²) in [5, 5.41) is 3.82. The van der Waals surface area contributed by atoms with E-state index in [9.17, 15) is 9.59 Å². The molecule has 0 bridgehead atoms. The number of rotatable bonds is 5. The molecule has 5 nitrogen and oxygen atoms in total. The topological polar surface area (TPSA) is 70.2 Å². The smallest absolute Gasteiger partial charge is 0.266 e. The lowest BCUT2D eigenvalue weighted by Crippen LogP contribution is -2.34. The molecule has 2 aromatic carbocycles. The lowest BCUT2D eigenvalue weighted by molar-refractivity contribution is -0.117. The van der Waals surface area contributed by atoms with Crippen LogP contribution in [0.4, 0.5) is 5.69 Å². The quantitative estimate of drug-likeness (QED) is 0.414. The van der Waals surface area contributed by atoms with Gasteiger partial charge in [-0.05, 0) is 42.0 Å². The highest BCUT2D eigenvalue weighted by Gasteiger charge is 2.67. The van der Waals surface area contributed by atoms with Gasteiger partial charge in [-0.15, -0.1) is 23.2 Å². The molecule has 28 heavy (non-hydrogen) atoms. The number of hydrazine groups is 1. The molecule has 1 saturated carbocycles. The first kappa shape index (κ1) is 21.5.